The normalized spacial score (nSPS) is 10.3. The summed E-state index contributed by atoms with van der Waals surface area (Å²) in [7, 11) is 0. The van der Waals surface area contributed by atoms with Gasteiger partial charge in [0.2, 0.25) is 0 Å². The zero-order valence-electron chi connectivity index (χ0n) is 12.6. The summed E-state index contributed by atoms with van der Waals surface area (Å²) in [6, 6.07) is 12.6. The molecule has 1 N–H and O–H groups in total. The molecular formula is C18H18O4. The SMILES string of the molecule is CC(=O)OCc1ccc(Cc2ccc(C(C)=O)cc2)c(O)c1. The monoisotopic (exact) mass is 298 g/mol. The number of esters is 1. The van der Waals surface area contributed by atoms with Crippen molar-refractivity contribution in [2.45, 2.75) is 26.9 Å². The van der Waals surface area contributed by atoms with Crippen molar-refractivity contribution in [2.75, 3.05) is 0 Å². The van der Waals surface area contributed by atoms with Gasteiger partial charge in [0.05, 0.1) is 0 Å². The van der Waals surface area contributed by atoms with Crippen LogP contribution in [0.4, 0.5) is 0 Å². The van der Waals surface area contributed by atoms with Crippen molar-refractivity contribution in [3.63, 3.8) is 0 Å². The Balaban J connectivity index is 2.09. The van der Waals surface area contributed by atoms with Gasteiger partial charge in [0.15, 0.2) is 5.78 Å². The third-order valence-electron chi connectivity index (χ3n) is 3.35. The van der Waals surface area contributed by atoms with Crippen molar-refractivity contribution in [3.05, 3.63) is 64.7 Å². The number of carbonyl (C=O) groups excluding carboxylic acids is 2. The molecule has 22 heavy (non-hydrogen) atoms. The molecule has 0 saturated heterocycles. The first kappa shape index (κ1) is 15.8. The standard InChI is InChI=1S/C18H18O4/c1-12(19)16-6-3-14(4-7-16)9-17-8-5-15(10-18(17)21)11-22-13(2)20/h3-8,10,21H,9,11H2,1-2H3. The average Bonchev–Trinajstić information content (AvgIpc) is 2.48. The van der Waals surface area contributed by atoms with E-state index < -0.39 is 0 Å². The quantitative estimate of drug-likeness (QED) is 0.680. The van der Waals surface area contributed by atoms with E-state index in [2.05, 4.69) is 0 Å². The Morgan fingerprint density at radius 2 is 1.64 bits per heavy atom. The van der Waals surface area contributed by atoms with E-state index in [9.17, 15) is 14.7 Å². The third kappa shape index (κ3) is 4.19. The fraction of sp³-hybridized carbons (Fsp3) is 0.222. The lowest BCUT2D eigenvalue weighted by Crippen LogP contribution is -1.99. The highest BCUT2D eigenvalue weighted by Gasteiger charge is 2.06. The van der Waals surface area contributed by atoms with E-state index in [1.807, 2.05) is 24.3 Å². The summed E-state index contributed by atoms with van der Waals surface area (Å²) < 4.78 is 4.89. The van der Waals surface area contributed by atoms with Gasteiger partial charge in [0.25, 0.3) is 0 Å². The van der Waals surface area contributed by atoms with Gasteiger partial charge in [-0.3, -0.25) is 9.59 Å². The maximum Gasteiger partial charge on any atom is 0.302 e. The second-order valence-corrected chi connectivity index (χ2v) is 5.17. The molecule has 0 heterocycles. The minimum atomic E-state index is -0.353. The van der Waals surface area contributed by atoms with Gasteiger partial charge in [0, 0.05) is 18.9 Å². The van der Waals surface area contributed by atoms with Gasteiger partial charge in [-0.15, -0.1) is 0 Å². The number of ketones is 1. The summed E-state index contributed by atoms with van der Waals surface area (Å²) in [4.78, 5) is 22.0. The number of phenolic OH excluding ortho intramolecular Hbond substituents is 1. The molecule has 2 aromatic carbocycles. The molecule has 0 unspecified atom stereocenters. The van der Waals surface area contributed by atoms with Crippen molar-refractivity contribution in [2.24, 2.45) is 0 Å². The predicted octanol–water partition coefficient (Wildman–Crippen LogP) is 3.25. The van der Waals surface area contributed by atoms with Crippen molar-refractivity contribution < 1.29 is 19.4 Å². The van der Waals surface area contributed by atoms with Gasteiger partial charge >= 0.3 is 5.97 Å². The van der Waals surface area contributed by atoms with Crippen LogP contribution in [-0.4, -0.2) is 16.9 Å². The molecule has 114 valence electrons. The highest BCUT2D eigenvalue weighted by Crippen LogP contribution is 2.22. The summed E-state index contributed by atoms with van der Waals surface area (Å²) in [6.07, 6.45) is 0.567. The number of hydrogen-bond donors (Lipinski definition) is 1. The lowest BCUT2D eigenvalue weighted by Gasteiger charge is -2.08. The van der Waals surface area contributed by atoms with Crippen LogP contribution < -0.4 is 0 Å². The minimum absolute atomic E-state index is 0.0317. The van der Waals surface area contributed by atoms with Crippen LogP contribution in [0.15, 0.2) is 42.5 Å². The van der Waals surface area contributed by atoms with Crippen molar-refractivity contribution in [1.29, 1.82) is 0 Å². The number of hydrogen-bond acceptors (Lipinski definition) is 4. The van der Waals surface area contributed by atoms with Gasteiger partial charge in [-0.05, 0) is 29.7 Å². The van der Waals surface area contributed by atoms with Gasteiger partial charge in [0.1, 0.15) is 12.4 Å². The van der Waals surface area contributed by atoms with Crippen LogP contribution in [0.5, 0.6) is 5.75 Å². The molecule has 0 aliphatic heterocycles. The van der Waals surface area contributed by atoms with E-state index in [-0.39, 0.29) is 24.1 Å². The van der Waals surface area contributed by atoms with Crippen LogP contribution in [0.1, 0.15) is 40.9 Å². The predicted molar refractivity (Wildman–Crippen MR) is 82.8 cm³/mol. The van der Waals surface area contributed by atoms with Gasteiger partial charge in [-0.25, -0.2) is 0 Å². The topological polar surface area (TPSA) is 63.6 Å². The van der Waals surface area contributed by atoms with Crippen LogP contribution in [0.3, 0.4) is 0 Å². The summed E-state index contributed by atoms with van der Waals surface area (Å²) in [5, 5.41) is 10.1. The molecule has 2 aromatic rings. The Kier molecular flexibility index (Phi) is 4.94. The molecular weight excluding hydrogens is 280 g/mol. The van der Waals surface area contributed by atoms with E-state index in [4.69, 9.17) is 4.74 Å². The minimum Gasteiger partial charge on any atom is -0.508 e. The Morgan fingerprint density at radius 3 is 2.18 bits per heavy atom. The van der Waals surface area contributed by atoms with E-state index >= 15 is 0 Å². The molecule has 0 aliphatic carbocycles. The summed E-state index contributed by atoms with van der Waals surface area (Å²) in [6.45, 7) is 3.03. The highest BCUT2D eigenvalue weighted by molar-refractivity contribution is 5.94. The molecule has 0 aromatic heterocycles. The number of aromatic hydroxyl groups is 1. The molecule has 0 spiro atoms. The van der Waals surface area contributed by atoms with Crippen molar-refractivity contribution in [3.8, 4) is 5.75 Å². The van der Waals surface area contributed by atoms with E-state index in [1.54, 1.807) is 18.2 Å². The number of Topliss-reactive ketones (excluding diaryl/α,β-unsaturated/α-hetero) is 1. The highest BCUT2D eigenvalue weighted by atomic mass is 16.5. The zero-order valence-corrected chi connectivity index (χ0v) is 12.6. The van der Waals surface area contributed by atoms with Gasteiger partial charge in [-0.2, -0.15) is 0 Å². The van der Waals surface area contributed by atoms with Gasteiger partial charge in [-0.1, -0.05) is 36.4 Å². The first-order valence-corrected chi connectivity index (χ1v) is 6.99. The molecule has 0 bridgehead atoms. The molecule has 0 radical (unpaired) electrons. The molecule has 0 atom stereocenters. The molecule has 0 fully saturated rings. The zero-order chi connectivity index (χ0) is 16.1. The molecule has 0 amide bonds. The fourth-order valence-corrected chi connectivity index (χ4v) is 2.11. The van der Waals surface area contributed by atoms with Crippen molar-refractivity contribution in [1.82, 2.24) is 0 Å². The maximum absolute atomic E-state index is 11.2. The molecule has 2 rings (SSSR count). The fourth-order valence-electron chi connectivity index (χ4n) is 2.11. The van der Waals surface area contributed by atoms with E-state index in [0.717, 1.165) is 16.7 Å². The molecule has 4 heteroatoms. The van der Waals surface area contributed by atoms with Crippen LogP contribution >= 0.6 is 0 Å². The van der Waals surface area contributed by atoms with E-state index in [0.29, 0.717) is 12.0 Å². The van der Waals surface area contributed by atoms with Crippen LogP contribution in [-0.2, 0) is 22.6 Å². The molecule has 4 nitrogen and oxygen atoms in total. The first-order chi connectivity index (χ1) is 10.5. The molecule has 0 aliphatic rings. The van der Waals surface area contributed by atoms with Crippen molar-refractivity contribution >= 4 is 11.8 Å². The first-order valence-electron chi connectivity index (χ1n) is 6.99. The average molecular weight is 298 g/mol. The number of benzene rings is 2. The largest absolute Gasteiger partial charge is 0.508 e. The Morgan fingerprint density at radius 1 is 1.00 bits per heavy atom. The summed E-state index contributed by atoms with van der Waals surface area (Å²) >= 11 is 0. The summed E-state index contributed by atoms with van der Waals surface area (Å²) in [5.41, 5.74) is 3.20. The molecule has 0 saturated carbocycles. The number of ether oxygens (including phenoxy) is 1. The van der Waals surface area contributed by atoms with Crippen LogP contribution in [0.25, 0.3) is 0 Å². The number of phenols is 1. The third-order valence-corrected chi connectivity index (χ3v) is 3.35. The second kappa shape index (κ2) is 6.89. The maximum atomic E-state index is 11.2. The second-order valence-electron chi connectivity index (χ2n) is 5.17. The lowest BCUT2D eigenvalue weighted by atomic mass is 10.0. The Hall–Kier alpha value is -2.62. The smallest absolute Gasteiger partial charge is 0.302 e. The van der Waals surface area contributed by atoms with Crippen LogP contribution in [0.2, 0.25) is 0 Å². The van der Waals surface area contributed by atoms with Crippen LogP contribution in [0, 0.1) is 0 Å². The Bertz CT molecular complexity index is 687. The number of carbonyl (C=O) groups is 2. The lowest BCUT2D eigenvalue weighted by molar-refractivity contribution is -0.142. The summed E-state index contributed by atoms with van der Waals surface area (Å²) in [5.74, 6) is -0.154. The number of rotatable bonds is 5. The van der Waals surface area contributed by atoms with Gasteiger partial charge < -0.3 is 9.84 Å². The van der Waals surface area contributed by atoms with E-state index in [1.165, 1.54) is 13.8 Å². The Labute approximate surface area is 129 Å².